The molecule has 1 saturated heterocycles. The van der Waals surface area contributed by atoms with Gasteiger partial charge in [-0.1, -0.05) is 19.8 Å². The molecule has 1 aliphatic carbocycles. The van der Waals surface area contributed by atoms with Crippen molar-refractivity contribution in [1.29, 1.82) is 0 Å². The third-order valence-electron chi connectivity index (χ3n) is 5.18. The second kappa shape index (κ2) is 8.35. The van der Waals surface area contributed by atoms with E-state index in [-0.39, 0.29) is 5.60 Å². The van der Waals surface area contributed by atoms with E-state index >= 15 is 0 Å². The van der Waals surface area contributed by atoms with E-state index in [2.05, 4.69) is 19.3 Å². The Hall–Kier alpha value is -0.120. The van der Waals surface area contributed by atoms with Gasteiger partial charge in [-0.05, 0) is 57.4 Å². The molecule has 0 atom stereocenters. The molecule has 1 N–H and O–H groups in total. The van der Waals surface area contributed by atoms with E-state index in [1.54, 1.807) is 0 Å². The van der Waals surface area contributed by atoms with Crippen LogP contribution in [0.15, 0.2) is 0 Å². The summed E-state index contributed by atoms with van der Waals surface area (Å²) in [6.07, 6.45) is 10.3. The van der Waals surface area contributed by atoms with Crippen LogP contribution in [-0.4, -0.2) is 39.0 Å². The molecule has 1 heterocycles. The predicted octanol–water partition coefficient (Wildman–Crippen LogP) is 3.38. The average molecular weight is 283 g/mol. The zero-order valence-corrected chi connectivity index (χ0v) is 13.5. The fourth-order valence-corrected chi connectivity index (χ4v) is 3.80. The Morgan fingerprint density at radius 3 is 2.40 bits per heavy atom. The lowest BCUT2D eigenvalue weighted by molar-refractivity contribution is -0.0986. The molecule has 0 radical (unpaired) electrons. The minimum atomic E-state index is 0.108. The van der Waals surface area contributed by atoms with Gasteiger partial charge in [-0.3, -0.25) is 0 Å². The van der Waals surface area contributed by atoms with Gasteiger partial charge in [0.2, 0.25) is 0 Å². The summed E-state index contributed by atoms with van der Waals surface area (Å²) in [7, 11) is 2.05. The van der Waals surface area contributed by atoms with Gasteiger partial charge in [0.25, 0.3) is 0 Å². The summed E-state index contributed by atoms with van der Waals surface area (Å²) in [6, 6.07) is 0. The van der Waals surface area contributed by atoms with Gasteiger partial charge in [-0.2, -0.15) is 0 Å². The van der Waals surface area contributed by atoms with Crippen LogP contribution < -0.4 is 5.32 Å². The molecule has 20 heavy (non-hydrogen) atoms. The lowest BCUT2D eigenvalue weighted by Crippen LogP contribution is -2.46. The van der Waals surface area contributed by atoms with Crippen LogP contribution in [0.5, 0.6) is 0 Å². The number of hydrogen-bond acceptors (Lipinski definition) is 3. The van der Waals surface area contributed by atoms with E-state index in [1.165, 1.54) is 51.4 Å². The van der Waals surface area contributed by atoms with Crippen molar-refractivity contribution < 1.29 is 9.47 Å². The van der Waals surface area contributed by atoms with Crippen molar-refractivity contribution in [2.75, 3.05) is 33.4 Å². The molecule has 3 nitrogen and oxygen atoms in total. The third-order valence-corrected chi connectivity index (χ3v) is 5.18. The summed E-state index contributed by atoms with van der Waals surface area (Å²) < 4.78 is 11.9. The molecule has 0 bridgehead atoms. The first-order chi connectivity index (χ1) is 9.78. The zero-order valence-electron chi connectivity index (χ0n) is 13.5. The molecule has 0 unspecified atom stereocenters. The first-order valence-electron chi connectivity index (χ1n) is 8.64. The normalized spacial score (nSPS) is 32.4. The highest BCUT2D eigenvalue weighted by molar-refractivity contribution is 4.89. The predicted molar refractivity (Wildman–Crippen MR) is 83.0 cm³/mol. The van der Waals surface area contributed by atoms with Crippen LogP contribution in [0.25, 0.3) is 0 Å². The zero-order chi connectivity index (χ0) is 14.3. The third kappa shape index (κ3) is 4.71. The van der Waals surface area contributed by atoms with E-state index < -0.39 is 0 Å². The highest BCUT2D eigenvalue weighted by Crippen LogP contribution is 2.37. The molecule has 2 rings (SSSR count). The monoisotopic (exact) mass is 283 g/mol. The lowest BCUT2D eigenvalue weighted by atomic mass is 9.77. The van der Waals surface area contributed by atoms with Crippen LogP contribution in [0.1, 0.15) is 58.3 Å². The van der Waals surface area contributed by atoms with Crippen molar-refractivity contribution in [3.05, 3.63) is 0 Å². The van der Waals surface area contributed by atoms with E-state index in [1.807, 2.05) is 0 Å². The molecule has 1 aliphatic heterocycles. The summed E-state index contributed by atoms with van der Waals surface area (Å²) in [4.78, 5) is 0. The lowest BCUT2D eigenvalue weighted by Gasteiger charge is -2.41. The molecule has 0 aromatic heterocycles. The molecule has 3 heteroatoms. The van der Waals surface area contributed by atoms with E-state index in [0.29, 0.717) is 5.92 Å². The number of likely N-dealkylation sites (N-methyl/N-ethyl adjacent to an activating group) is 1. The first kappa shape index (κ1) is 16.3. The highest BCUT2D eigenvalue weighted by Gasteiger charge is 2.36. The van der Waals surface area contributed by atoms with Crippen molar-refractivity contribution in [1.82, 2.24) is 5.32 Å². The number of ether oxygens (including phenoxy) is 2. The molecular formula is C17H33NO2. The first-order valence-corrected chi connectivity index (χ1v) is 8.64. The Morgan fingerprint density at radius 2 is 1.80 bits per heavy atom. The maximum absolute atomic E-state index is 6.46. The van der Waals surface area contributed by atoms with Crippen LogP contribution >= 0.6 is 0 Å². The van der Waals surface area contributed by atoms with Crippen LogP contribution in [-0.2, 0) is 9.47 Å². The second-order valence-corrected chi connectivity index (χ2v) is 6.81. The Kier molecular flexibility index (Phi) is 6.79. The summed E-state index contributed by atoms with van der Waals surface area (Å²) >= 11 is 0. The fourth-order valence-electron chi connectivity index (χ4n) is 3.80. The summed E-state index contributed by atoms with van der Waals surface area (Å²) in [5, 5.41) is 3.36. The molecule has 0 aromatic carbocycles. The minimum Gasteiger partial charge on any atom is -0.381 e. The minimum absolute atomic E-state index is 0.108. The van der Waals surface area contributed by atoms with Gasteiger partial charge in [0.15, 0.2) is 0 Å². The Morgan fingerprint density at radius 1 is 1.10 bits per heavy atom. The smallest absolute Gasteiger partial charge is 0.0806 e. The van der Waals surface area contributed by atoms with Gasteiger partial charge in [-0.15, -0.1) is 0 Å². The van der Waals surface area contributed by atoms with Gasteiger partial charge >= 0.3 is 0 Å². The Bertz CT molecular complexity index is 256. The van der Waals surface area contributed by atoms with Crippen molar-refractivity contribution >= 4 is 0 Å². The molecule has 2 fully saturated rings. The molecule has 0 aromatic rings. The van der Waals surface area contributed by atoms with Gasteiger partial charge in [0, 0.05) is 19.8 Å². The number of nitrogens with one attached hydrogen (secondary N) is 1. The maximum atomic E-state index is 6.46. The van der Waals surface area contributed by atoms with Crippen LogP contribution in [0.3, 0.4) is 0 Å². The van der Waals surface area contributed by atoms with Crippen molar-refractivity contribution in [3.8, 4) is 0 Å². The fraction of sp³-hybridized carbons (Fsp3) is 1.00. The summed E-state index contributed by atoms with van der Waals surface area (Å²) in [5.41, 5.74) is 0.108. The Labute approximate surface area is 124 Å². The molecule has 2 aliphatic rings. The molecular weight excluding hydrogens is 250 g/mol. The van der Waals surface area contributed by atoms with Crippen molar-refractivity contribution in [3.63, 3.8) is 0 Å². The SMILES string of the molecule is CCCC1CCC(CNC)(OCC2CCOCC2)CC1. The number of hydrogen-bond donors (Lipinski definition) is 1. The molecule has 1 saturated carbocycles. The van der Waals surface area contributed by atoms with E-state index in [0.717, 1.165) is 32.3 Å². The molecule has 0 spiro atoms. The quantitative estimate of drug-likeness (QED) is 0.777. The van der Waals surface area contributed by atoms with Crippen LogP contribution in [0, 0.1) is 11.8 Å². The van der Waals surface area contributed by atoms with E-state index in [4.69, 9.17) is 9.47 Å². The van der Waals surface area contributed by atoms with Crippen LogP contribution in [0.4, 0.5) is 0 Å². The maximum Gasteiger partial charge on any atom is 0.0806 e. The molecule has 118 valence electrons. The number of rotatable bonds is 7. The van der Waals surface area contributed by atoms with Crippen molar-refractivity contribution in [2.45, 2.75) is 63.9 Å². The summed E-state index contributed by atoms with van der Waals surface area (Å²) in [6.45, 7) is 6.09. The van der Waals surface area contributed by atoms with Crippen molar-refractivity contribution in [2.24, 2.45) is 11.8 Å². The van der Waals surface area contributed by atoms with Gasteiger partial charge < -0.3 is 14.8 Å². The molecule has 0 amide bonds. The summed E-state index contributed by atoms with van der Waals surface area (Å²) in [5.74, 6) is 1.66. The highest BCUT2D eigenvalue weighted by atomic mass is 16.5. The topological polar surface area (TPSA) is 30.5 Å². The van der Waals surface area contributed by atoms with E-state index in [9.17, 15) is 0 Å². The van der Waals surface area contributed by atoms with Gasteiger partial charge in [0.05, 0.1) is 12.2 Å². The second-order valence-electron chi connectivity index (χ2n) is 6.81. The van der Waals surface area contributed by atoms with Gasteiger partial charge in [0.1, 0.15) is 0 Å². The average Bonchev–Trinajstić information content (AvgIpc) is 2.49. The standard InChI is InChI=1S/C17H33NO2/c1-3-4-15-5-9-17(10-6-15,14-18-2)20-13-16-7-11-19-12-8-16/h15-16,18H,3-14H2,1-2H3. The van der Waals surface area contributed by atoms with Gasteiger partial charge in [-0.25, -0.2) is 0 Å². The van der Waals surface area contributed by atoms with Crippen LogP contribution in [0.2, 0.25) is 0 Å². The Balaban J connectivity index is 1.79. The largest absolute Gasteiger partial charge is 0.381 e.